The maximum absolute atomic E-state index is 12.3. The standard InChI is InChI=1S/C15H12Br2ClNO/c16-12-6-11(7-13(17)8-12)15(20)19-14(9-18)10-4-2-1-3-5-10/h1-8,14H,9H2,(H,19,20). The lowest BCUT2D eigenvalue weighted by molar-refractivity contribution is 0.0940. The van der Waals surface area contributed by atoms with Crippen molar-refractivity contribution in [2.24, 2.45) is 0 Å². The number of rotatable bonds is 4. The van der Waals surface area contributed by atoms with Gasteiger partial charge < -0.3 is 5.32 Å². The zero-order valence-corrected chi connectivity index (χ0v) is 14.4. The molecule has 0 saturated carbocycles. The Kier molecular flexibility index (Phi) is 5.64. The number of amides is 1. The van der Waals surface area contributed by atoms with Crippen LogP contribution in [0, 0.1) is 0 Å². The molecule has 0 aliphatic rings. The van der Waals surface area contributed by atoms with Gasteiger partial charge in [0.1, 0.15) is 0 Å². The normalized spacial score (nSPS) is 11.9. The van der Waals surface area contributed by atoms with Gasteiger partial charge in [-0.15, -0.1) is 11.6 Å². The molecule has 0 aromatic heterocycles. The lowest BCUT2D eigenvalue weighted by Gasteiger charge is -2.16. The molecule has 5 heteroatoms. The first kappa shape index (κ1) is 15.5. The van der Waals surface area contributed by atoms with Crippen molar-refractivity contribution in [3.05, 3.63) is 68.6 Å². The van der Waals surface area contributed by atoms with Crippen molar-refractivity contribution in [2.45, 2.75) is 6.04 Å². The number of nitrogens with one attached hydrogen (secondary N) is 1. The van der Waals surface area contributed by atoms with E-state index in [0.29, 0.717) is 11.4 Å². The van der Waals surface area contributed by atoms with Crippen LogP contribution in [0.15, 0.2) is 57.5 Å². The summed E-state index contributed by atoms with van der Waals surface area (Å²) in [5, 5.41) is 2.94. The van der Waals surface area contributed by atoms with E-state index in [4.69, 9.17) is 11.6 Å². The molecule has 0 spiro atoms. The molecule has 2 aromatic carbocycles. The molecule has 1 unspecified atom stereocenters. The zero-order valence-electron chi connectivity index (χ0n) is 10.4. The van der Waals surface area contributed by atoms with Crippen molar-refractivity contribution in [1.29, 1.82) is 0 Å². The molecule has 2 aromatic rings. The Hall–Kier alpha value is -0.840. The fraction of sp³-hybridized carbons (Fsp3) is 0.133. The van der Waals surface area contributed by atoms with Crippen molar-refractivity contribution in [1.82, 2.24) is 5.32 Å². The Morgan fingerprint density at radius 2 is 1.70 bits per heavy atom. The van der Waals surface area contributed by atoms with Crippen LogP contribution < -0.4 is 5.32 Å². The number of benzene rings is 2. The third-order valence-electron chi connectivity index (χ3n) is 2.79. The molecule has 2 rings (SSSR count). The second-order valence-corrected chi connectivity index (χ2v) is 6.39. The molecule has 20 heavy (non-hydrogen) atoms. The molecule has 0 aliphatic heterocycles. The van der Waals surface area contributed by atoms with Crippen molar-refractivity contribution in [3.8, 4) is 0 Å². The lowest BCUT2D eigenvalue weighted by atomic mass is 10.1. The SMILES string of the molecule is O=C(NC(CCl)c1ccccc1)c1cc(Br)cc(Br)c1. The summed E-state index contributed by atoms with van der Waals surface area (Å²) in [5.41, 5.74) is 1.57. The van der Waals surface area contributed by atoms with Gasteiger partial charge in [-0.2, -0.15) is 0 Å². The minimum atomic E-state index is -0.205. The van der Waals surface area contributed by atoms with E-state index >= 15 is 0 Å². The van der Waals surface area contributed by atoms with E-state index in [0.717, 1.165) is 14.5 Å². The molecule has 2 nitrogen and oxygen atoms in total. The van der Waals surface area contributed by atoms with Crippen molar-refractivity contribution >= 4 is 49.4 Å². The van der Waals surface area contributed by atoms with Crippen LogP contribution in [0.5, 0.6) is 0 Å². The maximum Gasteiger partial charge on any atom is 0.251 e. The number of hydrogen-bond acceptors (Lipinski definition) is 1. The van der Waals surface area contributed by atoms with Crippen molar-refractivity contribution < 1.29 is 4.79 Å². The maximum atomic E-state index is 12.3. The summed E-state index contributed by atoms with van der Waals surface area (Å²) in [7, 11) is 0. The smallest absolute Gasteiger partial charge is 0.251 e. The minimum absolute atomic E-state index is 0.151. The van der Waals surface area contributed by atoms with Gasteiger partial charge in [0.05, 0.1) is 6.04 Å². The number of alkyl halides is 1. The van der Waals surface area contributed by atoms with Gasteiger partial charge in [0.2, 0.25) is 0 Å². The van der Waals surface area contributed by atoms with Crippen LogP contribution >= 0.6 is 43.5 Å². The van der Waals surface area contributed by atoms with Crippen LogP contribution in [-0.2, 0) is 0 Å². The Bertz CT molecular complexity index is 584. The highest BCUT2D eigenvalue weighted by Crippen LogP contribution is 2.21. The number of halogens is 3. The second kappa shape index (κ2) is 7.25. The fourth-order valence-electron chi connectivity index (χ4n) is 1.82. The van der Waals surface area contributed by atoms with Gasteiger partial charge in [-0.25, -0.2) is 0 Å². The molecule has 1 N–H and O–H groups in total. The summed E-state index contributed by atoms with van der Waals surface area (Å²) >= 11 is 12.7. The molecular formula is C15H12Br2ClNO. The predicted octanol–water partition coefficient (Wildman–Crippen LogP) is 4.92. The largest absolute Gasteiger partial charge is 0.344 e. The van der Waals surface area contributed by atoms with Gasteiger partial charge in [0.15, 0.2) is 0 Å². The summed E-state index contributed by atoms with van der Waals surface area (Å²) in [6.07, 6.45) is 0. The molecule has 0 heterocycles. The van der Waals surface area contributed by atoms with Crippen LogP contribution in [-0.4, -0.2) is 11.8 Å². The third-order valence-corrected chi connectivity index (χ3v) is 4.01. The Morgan fingerprint density at radius 3 is 2.25 bits per heavy atom. The van der Waals surface area contributed by atoms with E-state index < -0.39 is 0 Å². The van der Waals surface area contributed by atoms with Crippen molar-refractivity contribution in [3.63, 3.8) is 0 Å². The highest BCUT2D eigenvalue weighted by Gasteiger charge is 2.15. The first-order valence-corrected chi connectivity index (χ1v) is 8.10. The first-order valence-electron chi connectivity index (χ1n) is 5.98. The van der Waals surface area contributed by atoms with Gasteiger partial charge in [0.25, 0.3) is 5.91 Å². The molecule has 104 valence electrons. The van der Waals surface area contributed by atoms with Gasteiger partial charge in [0, 0.05) is 20.4 Å². The molecule has 0 aliphatic carbocycles. The minimum Gasteiger partial charge on any atom is -0.344 e. The van der Waals surface area contributed by atoms with Crippen LogP contribution in [0.4, 0.5) is 0 Å². The summed E-state index contributed by atoms with van der Waals surface area (Å²) < 4.78 is 1.69. The Morgan fingerprint density at radius 1 is 1.10 bits per heavy atom. The molecule has 0 fully saturated rings. The first-order chi connectivity index (χ1) is 9.60. The fourth-order valence-corrected chi connectivity index (χ4v) is 3.37. The van der Waals surface area contributed by atoms with Crippen LogP contribution in [0.25, 0.3) is 0 Å². The lowest BCUT2D eigenvalue weighted by Crippen LogP contribution is -2.29. The monoisotopic (exact) mass is 415 g/mol. The van der Waals surface area contributed by atoms with Crippen LogP contribution in [0.2, 0.25) is 0 Å². The van der Waals surface area contributed by atoms with E-state index in [9.17, 15) is 4.79 Å². The number of carbonyl (C=O) groups is 1. The summed E-state index contributed by atoms with van der Waals surface area (Å²) in [6.45, 7) is 0. The molecule has 0 bridgehead atoms. The summed E-state index contributed by atoms with van der Waals surface area (Å²) in [5.74, 6) is 0.173. The molecule has 1 amide bonds. The van der Waals surface area contributed by atoms with Gasteiger partial charge in [-0.05, 0) is 23.8 Å². The van der Waals surface area contributed by atoms with E-state index in [-0.39, 0.29) is 11.9 Å². The van der Waals surface area contributed by atoms with Crippen molar-refractivity contribution in [2.75, 3.05) is 5.88 Å². The molecule has 1 atom stereocenters. The number of hydrogen-bond donors (Lipinski definition) is 1. The van der Waals surface area contributed by atoms with E-state index in [1.165, 1.54) is 0 Å². The second-order valence-electron chi connectivity index (χ2n) is 4.25. The Labute approximate surface area is 139 Å². The van der Waals surface area contributed by atoms with E-state index in [1.807, 2.05) is 36.4 Å². The molecular weight excluding hydrogens is 405 g/mol. The van der Waals surface area contributed by atoms with Crippen LogP contribution in [0.1, 0.15) is 22.0 Å². The van der Waals surface area contributed by atoms with E-state index in [1.54, 1.807) is 12.1 Å². The summed E-state index contributed by atoms with van der Waals surface area (Å²) in [6, 6.07) is 14.9. The number of carbonyl (C=O) groups excluding carboxylic acids is 1. The van der Waals surface area contributed by atoms with Crippen LogP contribution in [0.3, 0.4) is 0 Å². The topological polar surface area (TPSA) is 29.1 Å². The zero-order chi connectivity index (χ0) is 14.5. The molecule has 0 saturated heterocycles. The highest BCUT2D eigenvalue weighted by atomic mass is 79.9. The molecule has 0 radical (unpaired) electrons. The third kappa shape index (κ3) is 4.08. The predicted molar refractivity (Wildman–Crippen MR) is 89.2 cm³/mol. The van der Waals surface area contributed by atoms with Gasteiger partial charge >= 0.3 is 0 Å². The average molecular weight is 418 g/mol. The quantitative estimate of drug-likeness (QED) is 0.703. The van der Waals surface area contributed by atoms with Gasteiger partial charge in [-0.3, -0.25) is 4.79 Å². The average Bonchev–Trinajstić information content (AvgIpc) is 2.44. The highest BCUT2D eigenvalue weighted by molar-refractivity contribution is 9.11. The Balaban J connectivity index is 2.17. The summed E-state index contributed by atoms with van der Waals surface area (Å²) in [4.78, 5) is 12.3. The van der Waals surface area contributed by atoms with Gasteiger partial charge in [-0.1, -0.05) is 62.2 Å². The van der Waals surface area contributed by atoms with E-state index in [2.05, 4.69) is 37.2 Å².